The van der Waals surface area contributed by atoms with Gasteiger partial charge in [-0.3, -0.25) is 5.43 Å². The molecule has 4 nitrogen and oxygen atoms in total. The summed E-state index contributed by atoms with van der Waals surface area (Å²) < 4.78 is 0. The molecule has 2 heterocycles. The molecular weight excluding hydrogens is 204 g/mol. The maximum atomic E-state index is 5.22. The molecule has 2 rings (SSSR count). The van der Waals surface area contributed by atoms with Crippen LogP contribution in [0.1, 0.15) is 5.56 Å². The van der Waals surface area contributed by atoms with Gasteiger partial charge in [0.2, 0.25) is 5.13 Å². The maximum absolute atomic E-state index is 5.22. The third kappa shape index (κ3) is 1.55. The molecular formula is C7H8N4S2. The highest BCUT2D eigenvalue weighted by Crippen LogP contribution is 2.32. The summed E-state index contributed by atoms with van der Waals surface area (Å²) in [5.74, 6) is 5.22. The van der Waals surface area contributed by atoms with Crippen molar-refractivity contribution in [3.8, 4) is 9.88 Å². The van der Waals surface area contributed by atoms with Gasteiger partial charge in [-0.25, -0.2) is 5.84 Å². The van der Waals surface area contributed by atoms with Crippen LogP contribution in [0.3, 0.4) is 0 Å². The van der Waals surface area contributed by atoms with Crippen molar-refractivity contribution in [1.29, 1.82) is 0 Å². The van der Waals surface area contributed by atoms with Crippen LogP contribution in [0.2, 0.25) is 0 Å². The van der Waals surface area contributed by atoms with Gasteiger partial charge in [-0.2, -0.15) is 0 Å². The Kier molecular flexibility index (Phi) is 2.26. The Morgan fingerprint density at radius 3 is 2.85 bits per heavy atom. The summed E-state index contributed by atoms with van der Waals surface area (Å²) in [7, 11) is 0. The highest BCUT2D eigenvalue weighted by molar-refractivity contribution is 7.23. The largest absolute Gasteiger partial charge is 0.298 e. The molecule has 2 aromatic rings. The van der Waals surface area contributed by atoms with E-state index >= 15 is 0 Å². The number of nitrogens with zero attached hydrogens (tertiary/aromatic N) is 2. The minimum absolute atomic E-state index is 0.641. The number of aromatic nitrogens is 2. The number of hydrogen-bond donors (Lipinski definition) is 2. The predicted molar refractivity (Wildman–Crippen MR) is 55.8 cm³/mol. The fourth-order valence-corrected chi connectivity index (χ4v) is 2.70. The number of nitrogens with two attached hydrogens (primary N) is 1. The van der Waals surface area contributed by atoms with Crippen LogP contribution in [-0.4, -0.2) is 10.2 Å². The number of hydrogen-bond acceptors (Lipinski definition) is 6. The van der Waals surface area contributed by atoms with Crippen molar-refractivity contribution < 1.29 is 0 Å². The molecule has 0 radical (unpaired) electrons. The Bertz CT molecular complexity index is 406. The van der Waals surface area contributed by atoms with Gasteiger partial charge in [-0.1, -0.05) is 11.3 Å². The average Bonchev–Trinajstić information content (AvgIpc) is 2.71. The van der Waals surface area contributed by atoms with E-state index in [9.17, 15) is 0 Å². The second kappa shape index (κ2) is 3.41. The van der Waals surface area contributed by atoms with Crippen molar-refractivity contribution >= 4 is 27.8 Å². The molecule has 0 spiro atoms. The second-order valence-electron chi connectivity index (χ2n) is 2.49. The number of aryl methyl sites for hydroxylation is 1. The molecule has 0 aliphatic heterocycles. The van der Waals surface area contributed by atoms with Crippen LogP contribution in [0.5, 0.6) is 0 Å². The monoisotopic (exact) mass is 212 g/mol. The van der Waals surface area contributed by atoms with Crippen LogP contribution in [-0.2, 0) is 0 Å². The van der Waals surface area contributed by atoms with E-state index in [-0.39, 0.29) is 0 Å². The highest BCUT2D eigenvalue weighted by Gasteiger charge is 2.08. The molecule has 0 amide bonds. The van der Waals surface area contributed by atoms with Gasteiger partial charge in [-0.05, 0) is 23.9 Å². The standard InChI is InChI=1S/C7H8N4S2/c1-4-2-3-12-5(4)6-10-11-7(9-8)13-6/h2-3H,8H2,1H3,(H,9,11). The molecule has 0 aliphatic carbocycles. The summed E-state index contributed by atoms with van der Waals surface area (Å²) >= 11 is 3.12. The fourth-order valence-electron chi connectivity index (χ4n) is 0.965. The molecule has 0 saturated heterocycles. The van der Waals surface area contributed by atoms with E-state index in [1.807, 2.05) is 5.38 Å². The van der Waals surface area contributed by atoms with Crippen molar-refractivity contribution in [2.45, 2.75) is 6.92 Å². The predicted octanol–water partition coefficient (Wildman–Crippen LogP) is 1.86. The van der Waals surface area contributed by atoms with Crippen LogP contribution in [0.15, 0.2) is 11.4 Å². The molecule has 0 atom stereocenters. The molecule has 0 fully saturated rings. The van der Waals surface area contributed by atoms with Gasteiger partial charge in [0.15, 0.2) is 5.01 Å². The normalized spacial score (nSPS) is 10.3. The first kappa shape index (κ1) is 8.61. The fraction of sp³-hybridized carbons (Fsp3) is 0.143. The summed E-state index contributed by atoms with van der Waals surface area (Å²) in [6.45, 7) is 2.06. The molecule has 68 valence electrons. The van der Waals surface area contributed by atoms with Crippen molar-refractivity contribution in [3.05, 3.63) is 17.0 Å². The quantitative estimate of drug-likeness (QED) is 0.589. The van der Waals surface area contributed by atoms with Gasteiger partial charge in [0.25, 0.3) is 0 Å². The van der Waals surface area contributed by atoms with Gasteiger partial charge in [0, 0.05) is 0 Å². The second-order valence-corrected chi connectivity index (χ2v) is 4.38. The van der Waals surface area contributed by atoms with Crippen LogP contribution in [0, 0.1) is 6.92 Å². The minimum atomic E-state index is 0.641. The molecule has 0 unspecified atom stereocenters. The Morgan fingerprint density at radius 2 is 2.31 bits per heavy atom. The number of anilines is 1. The summed E-state index contributed by atoms with van der Waals surface area (Å²) in [6, 6.07) is 2.07. The number of hydrazine groups is 1. The number of nitrogens with one attached hydrogen (secondary N) is 1. The maximum Gasteiger partial charge on any atom is 0.220 e. The molecule has 0 aliphatic rings. The lowest BCUT2D eigenvalue weighted by Gasteiger charge is -1.89. The lowest BCUT2D eigenvalue weighted by molar-refractivity contribution is 1.08. The number of rotatable bonds is 2. The summed E-state index contributed by atoms with van der Waals surface area (Å²) in [4.78, 5) is 1.17. The van der Waals surface area contributed by atoms with E-state index in [2.05, 4.69) is 28.6 Å². The SMILES string of the molecule is Cc1ccsc1-c1nnc(NN)s1. The topological polar surface area (TPSA) is 63.8 Å². The molecule has 13 heavy (non-hydrogen) atoms. The molecule has 0 aromatic carbocycles. The Hall–Kier alpha value is -0.980. The van der Waals surface area contributed by atoms with Crippen LogP contribution in [0.25, 0.3) is 9.88 Å². The van der Waals surface area contributed by atoms with E-state index in [1.165, 1.54) is 21.8 Å². The van der Waals surface area contributed by atoms with E-state index in [0.717, 1.165) is 5.01 Å². The van der Waals surface area contributed by atoms with Crippen LogP contribution >= 0.6 is 22.7 Å². The molecule has 6 heteroatoms. The zero-order chi connectivity index (χ0) is 9.26. The zero-order valence-corrected chi connectivity index (χ0v) is 8.58. The van der Waals surface area contributed by atoms with Crippen molar-refractivity contribution in [1.82, 2.24) is 10.2 Å². The van der Waals surface area contributed by atoms with Crippen molar-refractivity contribution in [2.75, 3.05) is 5.43 Å². The summed E-state index contributed by atoms with van der Waals surface area (Å²) in [5.41, 5.74) is 3.70. The van der Waals surface area contributed by atoms with Gasteiger partial charge < -0.3 is 0 Å². The lowest BCUT2D eigenvalue weighted by atomic mass is 10.3. The average molecular weight is 212 g/mol. The van der Waals surface area contributed by atoms with Crippen molar-refractivity contribution in [2.24, 2.45) is 5.84 Å². The van der Waals surface area contributed by atoms with E-state index < -0.39 is 0 Å². The number of thiophene rings is 1. The summed E-state index contributed by atoms with van der Waals surface area (Å²) in [5, 5.41) is 11.5. The molecule has 0 saturated carbocycles. The van der Waals surface area contributed by atoms with E-state index in [0.29, 0.717) is 5.13 Å². The zero-order valence-electron chi connectivity index (χ0n) is 6.94. The third-order valence-corrected chi connectivity index (χ3v) is 3.63. The molecule has 2 aromatic heterocycles. The molecule has 0 bridgehead atoms. The first-order chi connectivity index (χ1) is 6.31. The highest BCUT2D eigenvalue weighted by atomic mass is 32.1. The third-order valence-electron chi connectivity index (χ3n) is 1.60. The Morgan fingerprint density at radius 1 is 1.46 bits per heavy atom. The van der Waals surface area contributed by atoms with Gasteiger partial charge in [-0.15, -0.1) is 21.5 Å². The van der Waals surface area contributed by atoms with Crippen molar-refractivity contribution in [3.63, 3.8) is 0 Å². The molecule has 3 N–H and O–H groups in total. The van der Waals surface area contributed by atoms with Crippen LogP contribution < -0.4 is 11.3 Å². The van der Waals surface area contributed by atoms with E-state index in [4.69, 9.17) is 5.84 Å². The Balaban J connectivity index is 2.41. The van der Waals surface area contributed by atoms with Crippen LogP contribution in [0.4, 0.5) is 5.13 Å². The first-order valence-electron chi connectivity index (χ1n) is 3.66. The smallest absolute Gasteiger partial charge is 0.220 e. The van der Waals surface area contributed by atoms with Gasteiger partial charge in [0.1, 0.15) is 0 Å². The van der Waals surface area contributed by atoms with Gasteiger partial charge in [0.05, 0.1) is 4.88 Å². The number of nitrogen functional groups attached to an aromatic ring is 1. The first-order valence-corrected chi connectivity index (χ1v) is 5.35. The minimum Gasteiger partial charge on any atom is -0.298 e. The van der Waals surface area contributed by atoms with Gasteiger partial charge >= 0.3 is 0 Å². The lowest BCUT2D eigenvalue weighted by Crippen LogP contribution is -2.05. The summed E-state index contributed by atoms with van der Waals surface area (Å²) in [6.07, 6.45) is 0. The Labute approximate surface area is 83.4 Å². The van der Waals surface area contributed by atoms with E-state index in [1.54, 1.807) is 11.3 Å².